The van der Waals surface area contributed by atoms with E-state index in [4.69, 9.17) is 9.47 Å². The third-order valence-corrected chi connectivity index (χ3v) is 8.42. The number of thiophene rings is 1. The van der Waals surface area contributed by atoms with E-state index in [1.807, 2.05) is 0 Å². The van der Waals surface area contributed by atoms with Gasteiger partial charge in [-0.2, -0.15) is 4.31 Å². The zero-order chi connectivity index (χ0) is 17.5. The number of sulfonamides is 1. The Hall–Kier alpha value is -1.00. The van der Waals surface area contributed by atoms with Crippen molar-refractivity contribution in [1.82, 2.24) is 9.21 Å². The van der Waals surface area contributed by atoms with Crippen LogP contribution in [0.2, 0.25) is 0 Å². The first-order valence-electron chi connectivity index (χ1n) is 8.66. The van der Waals surface area contributed by atoms with Gasteiger partial charge >= 0.3 is 0 Å². The molecule has 0 aromatic carbocycles. The van der Waals surface area contributed by atoms with Crippen molar-refractivity contribution in [2.45, 2.75) is 35.7 Å². The van der Waals surface area contributed by atoms with E-state index in [2.05, 4.69) is 0 Å². The molecule has 3 aliphatic heterocycles. The summed E-state index contributed by atoms with van der Waals surface area (Å²) in [5.41, 5.74) is 0.474. The number of hydrogen-bond donors (Lipinski definition) is 0. The van der Waals surface area contributed by atoms with Gasteiger partial charge in [-0.15, -0.1) is 11.3 Å². The Morgan fingerprint density at radius 3 is 2.36 bits per heavy atom. The number of hydrogen-bond acceptors (Lipinski definition) is 6. The van der Waals surface area contributed by atoms with Crippen LogP contribution >= 0.6 is 11.3 Å². The van der Waals surface area contributed by atoms with Crippen LogP contribution in [0.5, 0.6) is 0 Å². The fourth-order valence-electron chi connectivity index (χ4n) is 3.65. The number of rotatable bonds is 3. The quantitative estimate of drug-likeness (QED) is 0.787. The lowest BCUT2D eigenvalue weighted by Gasteiger charge is -2.36. The zero-order valence-electron chi connectivity index (χ0n) is 14.0. The third-order valence-electron chi connectivity index (χ3n) is 5.11. The first-order chi connectivity index (χ1) is 12.0. The normalized spacial score (nSPS) is 24.2. The Morgan fingerprint density at radius 2 is 1.72 bits per heavy atom. The first-order valence-corrected chi connectivity index (χ1v) is 11.0. The fraction of sp³-hybridized carbons (Fsp3) is 0.688. The highest BCUT2D eigenvalue weighted by molar-refractivity contribution is 7.91. The standard InChI is InChI=1S/C16H22N2O5S2/c19-15(17-5-1-2-6-17)13-11-14(24-12-13)25(20,21)18-7-3-16(4-8-18)22-9-10-23-16/h11-12H,1-10H2. The summed E-state index contributed by atoms with van der Waals surface area (Å²) in [4.78, 5) is 14.2. The lowest BCUT2D eigenvalue weighted by Crippen LogP contribution is -2.47. The summed E-state index contributed by atoms with van der Waals surface area (Å²) in [6, 6.07) is 1.52. The van der Waals surface area contributed by atoms with Crippen LogP contribution in [0.4, 0.5) is 0 Å². The van der Waals surface area contributed by atoms with Crippen LogP contribution in [-0.2, 0) is 19.5 Å². The molecular formula is C16H22N2O5S2. The van der Waals surface area contributed by atoms with Crippen LogP contribution in [0.1, 0.15) is 36.0 Å². The Kier molecular flexibility index (Phi) is 4.61. The van der Waals surface area contributed by atoms with Gasteiger partial charge in [0, 0.05) is 44.4 Å². The highest BCUT2D eigenvalue weighted by Crippen LogP contribution is 2.34. The molecule has 0 N–H and O–H groups in total. The molecule has 1 spiro atoms. The van der Waals surface area contributed by atoms with Gasteiger partial charge in [0.2, 0.25) is 0 Å². The van der Waals surface area contributed by atoms with E-state index >= 15 is 0 Å². The van der Waals surface area contributed by atoms with Gasteiger partial charge < -0.3 is 14.4 Å². The second kappa shape index (κ2) is 6.62. The molecule has 138 valence electrons. The van der Waals surface area contributed by atoms with E-state index in [1.165, 1.54) is 10.4 Å². The molecule has 4 heterocycles. The summed E-state index contributed by atoms with van der Waals surface area (Å²) in [5.74, 6) is -0.668. The fourth-order valence-corrected chi connectivity index (χ4v) is 6.39. The number of carbonyl (C=O) groups excluding carboxylic acids is 1. The van der Waals surface area contributed by atoms with Gasteiger partial charge in [0.15, 0.2) is 5.79 Å². The van der Waals surface area contributed by atoms with Gasteiger partial charge in [-0.05, 0) is 18.9 Å². The molecule has 3 fully saturated rings. The summed E-state index contributed by atoms with van der Waals surface area (Å²) in [5, 5.41) is 1.65. The Bertz CT molecular complexity index is 738. The van der Waals surface area contributed by atoms with Crippen LogP contribution in [0.15, 0.2) is 15.7 Å². The van der Waals surface area contributed by atoms with Gasteiger partial charge in [0.1, 0.15) is 4.21 Å². The average Bonchev–Trinajstić information content (AvgIpc) is 3.36. The monoisotopic (exact) mass is 386 g/mol. The SMILES string of the molecule is O=C(c1csc(S(=O)(=O)N2CCC3(CC2)OCCO3)c1)N1CCCC1. The molecule has 3 saturated heterocycles. The summed E-state index contributed by atoms with van der Waals surface area (Å²) >= 11 is 1.12. The van der Waals surface area contributed by atoms with E-state index in [1.54, 1.807) is 10.3 Å². The lowest BCUT2D eigenvalue weighted by atomic mass is 10.1. The molecule has 25 heavy (non-hydrogen) atoms. The molecule has 1 amide bonds. The lowest BCUT2D eigenvalue weighted by molar-refractivity contribution is -0.179. The van der Waals surface area contributed by atoms with Crippen LogP contribution < -0.4 is 0 Å². The molecule has 7 nitrogen and oxygen atoms in total. The topological polar surface area (TPSA) is 76.2 Å². The second-order valence-electron chi connectivity index (χ2n) is 6.67. The maximum Gasteiger partial charge on any atom is 0.254 e. The molecule has 9 heteroatoms. The maximum atomic E-state index is 12.9. The van der Waals surface area contributed by atoms with Gasteiger partial charge in [0.05, 0.1) is 18.8 Å². The highest BCUT2D eigenvalue weighted by Gasteiger charge is 2.43. The van der Waals surface area contributed by atoms with E-state index in [0.29, 0.717) is 44.7 Å². The van der Waals surface area contributed by atoms with Gasteiger partial charge in [-0.25, -0.2) is 8.42 Å². The molecule has 0 aliphatic carbocycles. The van der Waals surface area contributed by atoms with Gasteiger partial charge in [0.25, 0.3) is 15.9 Å². The zero-order valence-corrected chi connectivity index (χ0v) is 15.6. The summed E-state index contributed by atoms with van der Waals surface area (Å²) < 4.78 is 38.8. The van der Waals surface area contributed by atoms with Crippen molar-refractivity contribution < 1.29 is 22.7 Å². The van der Waals surface area contributed by atoms with Gasteiger partial charge in [-0.3, -0.25) is 4.79 Å². The minimum absolute atomic E-state index is 0.0689. The molecule has 1 aromatic heterocycles. The number of likely N-dealkylation sites (tertiary alicyclic amines) is 1. The van der Waals surface area contributed by atoms with E-state index in [9.17, 15) is 13.2 Å². The maximum absolute atomic E-state index is 12.9. The summed E-state index contributed by atoms with van der Waals surface area (Å²) in [6.07, 6.45) is 3.11. The number of nitrogens with zero attached hydrogens (tertiary/aromatic N) is 2. The Morgan fingerprint density at radius 1 is 1.08 bits per heavy atom. The van der Waals surface area contributed by atoms with Crippen molar-refractivity contribution in [3.63, 3.8) is 0 Å². The molecule has 0 atom stereocenters. The molecule has 0 unspecified atom stereocenters. The second-order valence-corrected chi connectivity index (χ2v) is 9.74. The number of carbonyl (C=O) groups is 1. The van der Waals surface area contributed by atoms with Crippen LogP contribution in [0, 0.1) is 0 Å². The van der Waals surface area contributed by atoms with E-state index in [0.717, 1.165) is 37.3 Å². The molecule has 3 aliphatic rings. The number of ether oxygens (including phenoxy) is 2. The van der Waals surface area contributed by atoms with Crippen molar-refractivity contribution in [2.24, 2.45) is 0 Å². The minimum Gasteiger partial charge on any atom is -0.347 e. The van der Waals surface area contributed by atoms with Crippen molar-refractivity contribution in [3.05, 3.63) is 17.0 Å². The molecule has 0 radical (unpaired) electrons. The number of amides is 1. The summed E-state index contributed by atoms with van der Waals surface area (Å²) in [6.45, 7) is 3.39. The van der Waals surface area contributed by atoms with Crippen LogP contribution in [-0.4, -0.2) is 68.7 Å². The predicted octanol–water partition coefficient (Wildman–Crippen LogP) is 1.51. The van der Waals surface area contributed by atoms with E-state index in [-0.39, 0.29) is 10.1 Å². The molecule has 0 bridgehead atoms. The van der Waals surface area contributed by atoms with Gasteiger partial charge in [-0.1, -0.05) is 0 Å². The van der Waals surface area contributed by atoms with E-state index < -0.39 is 15.8 Å². The largest absolute Gasteiger partial charge is 0.347 e. The smallest absolute Gasteiger partial charge is 0.254 e. The Labute approximate surface area is 151 Å². The first kappa shape index (κ1) is 17.4. The summed E-state index contributed by atoms with van der Waals surface area (Å²) in [7, 11) is -3.57. The highest BCUT2D eigenvalue weighted by atomic mass is 32.2. The van der Waals surface area contributed by atoms with Crippen molar-refractivity contribution in [2.75, 3.05) is 39.4 Å². The molecule has 4 rings (SSSR count). The molecule has 1 aromatic rings. The minimum atomic E-state index is -3.57. The van der Waals surface area contributed by atoms with Crippen molar-refractivity contribution in [3.8, 4) is 0 Å². The van der Waals surface area contributed by atoms with Crippen molar-refractivity contribution in [1.29, 1.82) is 0 Å². The molecular weight excluding hydrogens is 364 g/mol. The Balaban J connectivity index is 1.46. The van der Waals surface area contributed by atoms with Crippen LogP contribution in [0.3, 0.4) is 0 Å². The predicted molar refractivity (Wildman–Crippen MR) is 92.1 cm³/mol. The molecule has 0 saturated carbocycles. The van der Waals surface area contributed by atoms with Crippen LogP contribution in [0.25, 0.3) is 0 Å². The average molecular weight is 386 g/mol. The van der Waals surface area contributed by atoms with Crippen molar-refractivity contribution >= 4 is 27.3 Å². The number of piperidine rings is 1. The third kappa shape index (κ3) is 3.23.